The fourth-order valence-electron chi connectivity index (χ4n) is 10.9. The molecule has 8 bridgehead atoms. The molecule has 1 heterocycles. The number of carbonyl (C=O) groups is 4. The Bertz CT molecular complexity index is 1100. The molecular formula is C34H42O7. The maximum Gasteiger partial charge on any atom is 0.318 e. The molecule has 0 aromatic rings. The summed E-state index contributed by atoms with van der Waals surface area (Å²) in [7, 11) is 0. The average Bonchev–Trinajstić information content (AvgIpc) is 3.83. The highest BCUT2D eigenvalue weighted by Crippen LogP contribution is 2.53. The van der Waals surface area contributed by atoms with Crippen molar-refractivity contribution in [3.63, 3.8) is 0 Å². The molecule has 1 saturated heterocycles. The third-order valence-corrected chi connectivity index (χ3v) is 12.9. The van der Waals surface area contributed by atoms with Gasteiger partial charge in [0, 0.05) is 0 Å². The third-order valence-electron chi connectivity index (χ3n) is 12.9. The van der Waals surface area contributed by atoms with Crippen molar-refractivity contribution in [2.75, 3.05) is 13.2 Å². The first-order valence-electron chi connectivity index (χ1n) is 16.4. The van der Waals surface area contributed by atoms with E-state index in [2.05, 4.69) is 16.9 Å². The third kappa shape index (κ3) is 4.43. The minimum absolute atomic E-state index is 0.146. The van der Waals surface area contributed by atoms with E-state index < -0.39 is 0 Å². The van der Waals surface area contributed by atoms with E-state index in [1.54, 1.807) is 0 Å². The van der Waals surface area contributed by atoms with Crippen molar-refractivity contribution in [1.29, 1.82) is 0 Å². The van der Waals surface area contributed by atoms with E-state index in [9.17, 15) is 19.2 Å². The van der Waals surface area contributed by atoms with Crippen LogP contribution in [0.3, 0.4) is 0 Å². The summed E-state index contributed by atoms with van der Waals surface area (Å²) >= 11 is 0. The summed E-state index contributed by atoms with van der Waals surface area (Å²) in [5.74, 6) is 3.38. The van der Waals surface area contributed by atoms with Gasteiger partial charge in [-0.05, 0) is 111 Å². The molecule has 1 aliphatic heterocycles. The lowest BCUT2D eigenvalue weighted by Crippen LogP contribution is -2.37. The lowest BCUT2D eigenvalue weighted by atomic mass is 9.83. The molecule has 7 fully saturated rings. The molecule has 7 heteroatoms. The maximum absolute atomic E-state index is 13.0. The first-order valence-corrected chi connectivity index (χ1v) is 16.4. The number of allylic oxidation sites excluding steroid dienone is 4. The number of ether oxygens (including phenoxy) is 3. The standard InChI is InChI=1S/C25H34O4.C9H8O3/c26-24(28-12-20-9-14-1-3-16(20)7-14)22-18-5-6-19(11-18)23(22)25(27)29-13-21-10-15-2-4-17(21)8-15;10-8-6-4-1-2-5(3-4)7(6)9(11)12-8/h5-6,14-23H,1-4,7-13H2;1-2,4-7H,3H2/t14?,15?,16?,17?,18?,19?,20?,21?,22-,23+;4-,5-,6-,7+/m.0/s1. The first-order chi connectivity index (χ1) is 19.9. The second-order valence-electron chi connectivity index (χ2n) is 14.9. The number of hydrogen-bond donors (Lipinski definition) is 0. The van der Waals surface area contributed by atoms with E-state index in [4.69, 9.17) is 9.47 Å². The van der Waals surface area contributed by atoms with Crippen molar-refractivity contribution >= 4 is 23.9 Å². The van der Waals surface area contributed by atoms with E-state index in [1.165, 1.54) is 51.4 Å². The molecule has 14 atom stereocenters. The number of hydrogen-bond acceptors (Lipinski definition) is 7. The van der Waals surface area contributed by atoms with E-state index in [0.717, 1.165) is 36.5 Å². The largest absolute Gasteiger partial charge is 0.465 e. The number of rotatable bonds is 6. The van der Waals surface area contributed by atoms with E-state index in [0.29, 0.717) is 25.0 Å². The average molecular weight is 563 g/mol. The predicted molar refractivity (Wildman–Crippen MR) is 146 cm³/mol. The van der Waals surface area contributed by atoms with E-state index >= 15 is 0 Å². The highest BCUT2D eigenvalue weighted by molar-refractivity contribution is 5.98. The van der Waals surface area contributed by atoms with Gasteiger partial charge in [0.15, 0.2) is 0 Å². The predicted octanol–water partition coefficient (Wildman–Crippen LogP) is 4.89. The molecule has 8 unspecified atom stereocenters. The van der Waals surface area contributed by atoms with Crippen molar-refractivity contribution in [3.05, 3.63) is 24.3 Å². The zero-order valence-corrected chi connectivity index (χ0v) is 23.7. The van der Waals surface area contributed by atoms with Gasteiger partial charge in [-0.1, -0.05) is 37.1 Å². The summed E-state index contributed by atoms with van der Waals surface area (Å²) in [6.45, 7) is 1.12. The van der Waals surface area contributed by atoms with Crippen molar-refractivity contribution in [2.24, 2.45) is 82.9 Å². The van der Waals surface area contributed by atoms with Crippen LogP contribution in [0.4, 0.5) is 0 Å². The van der Waals surface area contributed by atoms with Gasteiger partial charge in [-0.15, -0.1) is 0 Å². The molecule has 0 spiro atoms. The zero-order valence-electron chi connectivity index (χ0n) is 23.7. The van der Waals surface area contributed by atoms with Crippen LogP contribution in [0.5, 0.6) is 0 Å². The Hall–Kier alpha value is -2.44. The highest BCUT2D eigenvalue weighted by Gasteiger charge is 2.58. The van der Waals surface area contributed by atoms with E-state index in [-0.39, 0.29) is 71.2 Å². The maximum atomic E-state index is 13.0. The molecule has 0 amide bonds. The quantitative estimate of drug-likeness (QED) is 0.197. The Labute approximate surface area is 241 Å². The van der Waals surface area contributed by atoms with Gasteiger partial charge in [-0.3, -0.25) is 19.2 Å². The number of esters is 4. The summed E-state index contributed by atoms with van der Waals surface area (Å²) in [6.07, 6.45) is 20.7. The number of fused-ring (bicyclic) bond motifs is 11. The number of cyclic esters (lactones) is 2. The summed E-state index contributed by atoms with van der Waals surface area (Å²) < 4.78 is 16.3. The summed E-state index contributed by atoms with van der Waals surface area (Å²) in [6, 6.07) is 0. The van der Waals surface area contributed by atoms with Gasteiger partial charge in [0.2, 0.25) is 0 Å². The molecule has 220 valence electrons. The van der Waals surface area contributed by atoms with Gasteiger partial charge < -0.3 is 14.2 Å². The molecule has 6 saturated carbocycles. The normalized spacial score (nSPS) is 48.5. The van der Waals surface area contributed by atoms with Gasteiger partial charge >= 0.3 is 23.9 Å². The van der Waals surface area contributed by atoms with Crippen LogP contribution in [-0.2, 0) is 33.4 Å². The molecular weight excluding hydrogens is 520 g/mol. The Morgan fingerprint density at radius 3 is 1.46 bits per heavy atom. The van der Waals surface area contributed by atoms with Gasteiger partial charge in [0.1, 0.15) is 0 Å². The Morgan fingerprint density at radius 2 is 1.05 bits per heavy atom. The zero-order chi connectivity index (χ0) is 27.8. The molecule has 0 aromatic carbocycles. The van der Waals surface area contributed by atoms with Gasteiger partial charge in [0.25, 0.3) is 0 Å². The summed E-state index contributed by atoms with van der Waals surface area (Å²) in [5, 5.41) is 0. The minimum Gasteiger partial charge on any atom is -0.465 e. The Balaban J connectivity index is 0.000000177. The smallest absolute Gasteiger partial charge is 0.318 e. The first kappa shape index (κ1) is 26.2. The summed E-state index contributed by atoms with van der Waals surface area (Å²) in [4.78, 5) is 48.4. The van der Waals surface area contributed by atoms with Crippen LogP contribution < -0.4 is 0 Å². The minimum atomic E-state index is -0.323. The van der Waals surface area contributed by atoms with Crippen molar-refractivity contribution in [3.8, 4) is 0 Å². The van der Waals surface area contributed by atoms with Crippen LogP contribution in [0.1, 0.15) is 64.2 Å². The molecule has 0 radical (unpaired) electrons. The molecule has 41 heavy (non-hydrogen) atoms. The highest BCUT2D eigenvalue weighted by atomic mass is 16.6. The fraction of sp³-hybridized carbons (Fsp3) is 0.765. The SMILES string of the molecule is O=C(OCC1CC2CCC1C2)[C@@H]1C2C=CC(C2)[C@@H]1C(=O)OCC1CC2CCC1C2.O=C1OC(=O)[C@H]2[C@@H]1[C@H]1C=C[C@H]2C1. The van der Waals surface area contributed by atoms with Crippen LogP contribution in [0.2, 0.25) is 0 Å². The van der Waals surface area contributed by atoms with Crippen LogP contribution in [-0.4, -0.2) is 37.1 Å². The van der Waals surface area contributed by atoms with Crippen molar-refractivity contribution in [2.45, 2.75) is 64.2 Å². The van der Waals surface area contributed by atoms with Gasteiger partial charge in [0.05, 0.1) is 36.9 Å². The van der Waals surface area contributed by atoms with Crippen LogP contribution in [0.25, 0.3) is 0 Å². The topological polar surface area (TPSA) is 96.0 Å². The van der Waals surface area contributed by atoms with Crippen molar-refractivity contribution < 1.29 is 33.4 Å². The molecule has 0 N–H and O–H groups in total. The number of carbonyl (C=O) groups excluding carboxylic acids is 4. The molecule has 9 aliphatic rings. The lowest BCUT2D eigenvalue weighted by Gasteiger charge is -2.28. The van der Waals surface area contributed by atoms with Crippen LogP contribution in [0.15, 0.2) is 24.3 Å². The lowest BCUT2D eigenvalue weighted by molar-refractivity contribution is -0.163. The monoisotopic (exact) mass is 562 g/mol. The molecule has 9 rings (SSSR count). The fourth-order valence-corrected chi connectivity index (χ4v) is 10.9. The van der Waals surface area contributed by atoms with E-state index in [1.807, 2.05) is 12.2 Å². The Morgan fingerprint density at radius 1 is 0.610 bits per heavy atom. The van der Waals surface area contributed by atoms with Gasteiger partial charge in [-0.25, -0.2) is 0 Å². The van der Waals surface area contributed by atoms with Crippen LogP contribution in [0, 0.1) is 82.9 Å². The second kappa shape index (κ2) is 10.1. The van der Waals surface area contributed by atoms with Crippen molar-refractivity contribution in [1.82, 2.24) is 0 Å². The Kier molecular flexibility index (Phi) is 6.45. The second-order valence-corrected chi connectivity index (χ2v) is 14.9. The van der Waals surface area contributed by atoms with Crippen LogP contribution >= 0.6 is 0 Å². The molecule has 7 nitrogen and oxygen atoms in total. The summed E-state index contributed by atoms with van der Waals surface area (Å²) in [5.41, 5.74) is 0. The molecule has 0 aromatic heterocycles. The van der Waals surface area contributed by atoms with Gasteiger partial charge in [-0.2, -0.15) is 0 Å². The molecule has 8 aliphatic carbocycles.